The molecule has 3 aromatic rings. The number of morpholine rings is 1. The molecule has 0 saturated carbocycles. The van der Waals surface area contributed by atoms with Gasteiger partial charge in [0.05, 0.1) is 44.8 Å². The van der Waals surface area contributed by atoms with Gasteiger partial charge in [-0.05, 0) is 71.8 Å². The molecule has 0 radical (unpaired) electrons. The highest BCUT2D eigenvalue weighted by Crippen LogP contribution is 2.34. The Balaban J connectivity index is 1.42. The number of carbonyl (C=O) groups is 2. The average molecular weight is 625 g/mol. The van der Waals surface area contributed by atoms with Crippen LogP contribution in [-0.4, -0.2) is 92.5 Å². The van der Waals surface area contributed by atoms with Gasteiger partial charge in [-0.1, -0.05) is 12.1 Å². The summed E-state index contributed by atoms with van der Waals surface area (Å²) in [7, 11) is 3.16. The van der Waals surface area contributed by atoms with Crippen LogP contribution >= 0.6 is 0 Å². The fourth-order valence-electron chi connectivity index (χ4n) is 5.34. The van der Waals surface area contributed by atoms with E-state index in [9.17, 15) is 22.8 Å². The molecule has 0 bridgehead atoms. The minimum absolute atomic E-state index is 0.0633. The van der Waals surface area contributed by atoms with Crippen molar-refractivity contribution in [3.63, 3.8) is 0 Å². The number of amides is 2. The summed E-state index contributed by atoms with van der Waals surface area (Å²) in [6.07, 6.45) is -4.09. The van der Waals surface area contributed by atoms with Crippen LogP contribution in [0.3, 0.4) is 0 Å². The largest absolute Gasteiger partial charge is 0.497 e. The molecule has 2 amide bonds. The SMILES string of the molecule is COc1ccc(C2=NN(C(=O)CN(CCN3CCOCC3)C(=O)c3ccc(C(F)(F)F)cc3)[C@H](c3ccc(OC)cc3)C2)cc1. The van der Waals surface area contributed by atoms with Crippen LogP contribution < -0.4 is 9.47 Å². The molecular formula is C33H35F3N4O5. The van der Waals surface area contributed by atoms with Crippen molar-refractivity contribution in [3.05, 3.63) is 95.1 Å². The summed E-state index contributed by atoms with van der Waals surface area (Å²) in [6, 6.07) is 18.4. The van der Waals surface area contributed by atoms with Gasteiger partial charge in [0.15, 0.2) is 0 Å². The van der Waals surface area contributed by atoms with E-state index in [0.29, 0.717) is 56.5 Å². The predicted molar refractivity (Wildman–Crippen MR) is 161 cm³/mol. The van der Waals surface area contributed by atoms with Crippen LogP contribution in [0.5, 0.6) is 11.5 Å². The van der Waals surface area contributed by atoms with E-state index in [-0.39, 0.29) is 18.7 Å². The number of hydrogen-bond acceptors (Lipinski definition) is 7. The summed E-state index contributed by atoms with van der Waals surface area (Å²) in [4.78, 5) is 31.2. The third kappa shape index (κ3) is 7.81. The third-order valence-electron chi connectivity index (χ3n) is 7.95. The molecule has 2 heterocycles. The summed E-state index contributed by atoms with van der Waals surface area (Å²) in [5.41, 5.74) is 1.57. The van der Waals surface area contributed by atoms with Crippen molar-refractivity contribution >= 4 is 17.5 Å². The monoisotopic (exact) mass is 624 g/mol. The van der Waals surface area contributed by atoms with Gasteiger partial charge in [-0.3, -0.25) is 14.5 Å². The molecule has 3 aromatic carbocycles. The first-order valence-corrected chi connectivity index (χ1v) is 14.6. The smallest absolute Gasteiger partial charge is 0.416 e. The number of halogens is 3. The molecule has 2 aliphatic heterocycles. The van der Waals surface area contributed by atoms with Crippen LogP contribution in [0, 0.1) is 0 Å². The van der Waals surface area contributed by atoms with Crippen molar-refractivity contribution in [3.8, 4) is 11.5 Å². The molecule has 9 nitrogen and oxygen atoms in total. The lowest BCUT2D eigenvalue weighted by Crippen LogP contribution is -2.46. The number of hydrogen-bond donors (Lipinski definition) is 0. The number of nitrogens with zero attached hydrogens (tertiary/aromatic N) is 4. The lowest BCUT2D eigenvalue weighted by molar-refractivity contribution is -0.137. The summed E-state index contributed by atoms with van der Waals surface area (Å²) in [5, 5.41) is 6.13. The zero-order valence-corrected chi connectivity index (χ0v) is 25.1. The van der Waals surface area contributed by atoms with E-state index >= 15 is 0 Å². The minimum Gasteiger partial charge on any atom is -0.497 e. The van der Waals surface area contributed by atoms with E-state index in [0.717, 1.165) is 35.4 Å². The van der Waals surface area contributed by atoms with Gasteiger partial charge in [0.25, 0.3) is 11.8 Å². The molecule has 12 heteroatoms. The van der Waals surface area contributed by atoms with Crippen molar-refractivity contribution in [2.24, 2.45) is 5.10 Å². The van der Waals surface area contributed by atoms with Crippen molar-refractivity contribution in [1.82, 2.24) is 14.8 Å². The maximum absolute atomic E-state index is 14.0. The van der Waals surface area contributed by atoms with Crippen molar-refractivity contribution < 1.29 is 37.0 Å². The lowest BCUT2D eigenvalue weighted by atomic mass is 9.98. The maximum Gasteiger partial charge on any atom is 0.416 e. The Labute approximate surface area is 259 Å². The first-order valence-electron chi connectivity index (χ1n) is 14.6. The predicted octanol–water partition coefficient (Wildman–Crippen LogP) is 4.87. The Bertz CT molecular complexity index is 1490. The molecule has 1 fully saturated rings. The Morgan fingerprint density at radius 1 is 0.911 bits per heavy atom. The van der Waals surface area contributed by atoms with Crippen molar-refractivity contribution in [2.45, 2.75) is 18.6 Å². The number of carbonyl (C=O) groups excluding carboxylic acids is 2. The second-order valence-corrected chi connectivity index (χ2v) is 10.8. The molecular weight excluding hydrogens is 589 g/mol. The first kappa shape index (κ1) is 32.0. The quantitative estimate of drug-likeness (QED) is 0.320. The normalized spacial score (nSPS) is 17.1. The summed E-state index contributed by atoms with van der Waals surface area (Å²) in [5.74, 6) is 0.406. The highest BCUT2D eigenvalue weighted by atomic mass is 19.4. The maximum atomic E-state index is 14.0. The van der Waals surface area contributed by atoms with Gasteiger partial charge in [-0.15, -0.1) is 0 Å². The molecule has 0 unspecified atom stereocenters. The number of hydrazone groups is 1. The van der Waals surface area contributed by atoms with Crippen LogP contribution in [0.2, 0.25) is 0 Å². The van der Waals surface area contributed by atoms with Gasteiger partial charge < -0.3 is 19.1 Å². The van der Waals surface area contributed by atoms with Crippen molar-refractivity contribution in [2.75, 3.05) is 60.2 Å². The molecule has 238 valence electrons. The second kappa shape index (κ2) is 14.1. The lowest BCUT2D eigenvalue weighted by Gasteiger charge is -2.31. The molecule has 2 aliphatic rings. The number of methoxy groups -OCH3 is 2. The fourth-order valence-corrected chi connectivity index (χ4v) is 5.34. The fraction of sp³-hybridized carbons (Fsp3) is 0.364. The van der Waals surface area contributed by atoms with E-state index in [2.05, 4.69) is 4.90 Å². The van der Waals surface area contributed by atoms with Gasteiger partial charge in [0, 0.05) is 38.2 Å². The van der Waals surface area contributed by atoms with Crippen LogP contribution in [0.15, 0.2) is 77.9 Å². The van der Waals surface area contributed by atoms with Crippen LogP contribution in [0.25, 0.3) is 0 Å². The van der Waals surface area contributed by atoms with Gasteiger partial charge >= 0.3 is 6.18 Å². The van der Waals surface area contributed by atoms with Crippen LogP contribution in [0.4, 0.5) is 13.2 Å². The van der Waals surface area contributed by atoms with E-state index < -0.39 is 29.6 Å². The standard InChI is InChI=1S/C33H35F3N4O5/c1-43-27-11-5-23(6-12-27)29-21-30(24-7-13-28(44-2)14-8-24)40(37-29)31(41)22-39(16-15-38-17-19-45-20-18-38)32(42)25-3-9-26(10-4-25)33(34,35)36/h3-14,30H,15-22H2,1-2H3/t30-/m0/s1. The number of rotatable bonds is 10. The summed E-state index contributed by atoms with van der Waals surface area (Å²) in [6.45, 7) is 2.84. The third-order valence-corrected chi connectivity index (χ3v) is 7.95. The summed E-state index contributed by atoms with van der Waals surface area (Å²) < 4.78 is 55.5. The number of ether oxygens (including phenoxy) is 3. The highest BCUT2D eigenvalue weighted by molar-refractivity contribution is 6.04. The Morgan fingerprint density at radius 2 is 1.51 bits per heavy atom. The van der Waals surface area contributed by atoms with Gasteiger partial charge in [-0.25, -0.2) is 5.01 Å². The molecule has 0 aromatic heterocycles. The molecule has 0 aliphatic carbocycles. The zero-order valence-electron chi connectivity index (χ0n) is 25.1. The van der Waals surface area contributed by atoms with E-state index in [4.69, 9.17) is 19.3 Å². The minimum atomic E-state index is -4.53. The van der Waals surface area contributed by atoms with Gasteiger partial charge in [0.1, 0.15) is 18.0 Å². The first-order chi connectivity index (χ1) is 21.7. The zero-order chi connectivity index (χ0) is 32.0. The Hall–Kier alpha value is -4.42. The topological polar surface area (TPSA) is 83.9 Å². The van der Waals surface area contributed by atoms with Crippen LogP contribution in [0.1, 0.15) is 39.5 Å². The van der Waals surface area contributed by atoms with Crippen LogP contribution in [-0.2, 0) is 15.7 Å². The average Bonchev–Trinajstić information content (AvgIpc) is 3.52. The number of alkyl halides is 3. The molecule has 5 rings (SSSR count). The van der Waals surface area contributed by atoms with E-state index in [1.54, 1.807) is 14.2 Å². The Morgan fingerprint density at radius 3 is 2.09 bits per heavy atom. The molecule has 1 atom stereocenters. The number of benzene rings is 3. The summed E-state index contributed by atoms with van der Waals surface area (Å²) >= 11 is 0. The van der Waals surface area contributed by atoms with Gasteiger partial charge in [0.2, 0.25) is 0 Å². The van der Waals surface area contributed by atoms with E-state index in [1.807, 2.05) is 48.5 Å². The highest BCUT2D eigenvalue weighted by Gasteiger charge is 2.35. The van der Waals surface area contributed by atoms with Gasteiger partial charge in [-0.2, -0.15) is 18.3 Å². The molecule has 0 N–H and O–H groups in total. The molecule has 0 spiro atoms. The van der Waals surface area contributed by atoms with Crippen molar-refractivity contribution in [1.29, 1.82) is 0 Å². The van der Waals surface area contributed by atoms with E-state index in [1.165, 1.54) is 9.91 Å². The second-order valence-electron chi connectivity index (χ2n) is 10.8. The Kier molecular flexibility index (Phi) is 10.0. The molecule has 45 heavy (non-hydrogen) atoms. The molecule has 1 saturated heterocycles.